The maximum absolute atomic E-state index is 8.87. The molecule has 0 spiro atoms. The first-order valence-corrected chi connectivity index (χ1v) is 20.4. The van der Waals surface area contributed by atoms with Gasteiger partial charge in [0.2, 0.25) is 0 Å². The monoisotopic (exact) mass is 1030 g/mol. The second kappa shape index (κ2) is 16.5. The van der Waals surface area contributed by atoms with E-state index in [0.29, 0.717) is 39.0 Å². The van der Waals surface area contributed by atoms with Crippen molar-refractivity contribution in [3.63, 3.8) is 0 Å². The van der Waals surface area contributed by atoms with Crippen molar-refractivity contribution in [2.75, 3.05) is 0 Å². The third-order valence-electron chi connectivity index (χ3n) is 11.1. The van der Waals surface area contributed by atoms with Crippen molar-refractivity contribution in [1.82, 2.24) is 14.1 Å². The molecule has 0 aliphatic carbocycles. The molecule has 0 fully saturated rings. The molecular weight excluding hydrogens is 964 g/mol. The van der Waals surface area contributed by atoms with Crippen molar-refractivity contribution in [1.29, 1.82) is 0 Å². The summed E-state index contributed by atoms with van der Waals surface area (Å²) in [6.45, 7) is 6.82. The third-order valence-corrected chi connectivity index (χ3v) is 11.1. The quantitative estimate of drug-likeness (QED) is 0.118. The summed E-state index contributed by atoms with van der Waals surface area (Å²) >= 11 is 0. The minimum absolute atomic E-state index is 0. The molecule has 0 saturated carbocycles. The number of benzene rings is 7. The third kappa shape index (κ3) is 7.77. The van der Waals surface area contributed by atoms with Crippen LogP contribution in [0.5, 0.6) is 11.5 Å². The van der Waals surface area contributed by atoms with Crippen LogP contribution in [-0.2, 0) is 31.9 Å². The summed E-state index contributed by atoms with van der Waals surface area (Å²) in [6.07, 6.45) is 4.76. The van der Waals surface area contributed by atoms with Crippen molar-refractivity contribution >= 4 is 32.8 Å². The van der Waals surface area contributed by atoms with Gasteiger partial charge in [0, 0.05) is 58.1 Å². The van der Waals surface area contributed by atoms with Gasteiger partial charge in [-0.1, -0.05) is 156 Å². The summed E-state index contributed by atoms with van der Waals surface area (Å²) in [5, 5.41) is 1.50. The van der Waals surface area contributed by atoms with Gasteiger partial charge >= 0.3 is 0 Å². The number of hydrogen-bond donors (Lipinski definition) is 0. The molecule has 0 N–H and O–H groups in total. The Morgan fingerprint density at radius 3 is 2.06 bits per heavy atom. The van der Waals surface area contributed by atoms with Crippen molar-refractivity contribution in [3.8, 4) is 50.9 Å². The van der Waals surface area contributed by atoms with Crippen LogP contribution in [0, 0.1) is 32.2 Å². The number of aromatic nitrogens is 4. The van der Waals surface area contributed by atoms with Crippen LogP contribution in [0.3, 0.4) is 0 Å². The first-order valence-electron chi connectivity index (χ1n) is 28.4. The van der Waals surface area contributed by atoms with Gasteiger partial charge in [0.25, 0.3) is 6.33 Å². The van der Waals surface area contributed by atoms with Crippen LogP contribution in [0.25, 0.3) is 72.3 Å². The number of hydrogen-bond acceptors (Lipinski definition) is 2. The Morgan fingerprint density at radius 2 is 1.36 bits per heavy atom. The minimum Gasteiger partial charge on any atom is -0.510 e. The van der Waals surface area contributed by atoms with E-state index in [1.807, 2.05) is 76.4 Å². The molecule has 0 bridgehead atoms. The van der Waals surface area contributed by atoms with Gasteiger partial charge in [-0.15, -0.1) is 29.7 Å². The van der Waals surface area contributed by atoms with Crippen molar-refractivity contribution in [2.24, 2.45) is 0 Å². The van der Waals surface area contributed by atoms with Crippen molar-refractivity contribution in [3.05, 3.63) is 198 Å². The SMILES string of the molecule is [2H]c1c([2H])c([2H])c(-c2ccc3c(c2)n(-c2[c-]c(Oc4[c-]c5c(cc4)c4ccccc4n5-c4cc(C([2H])([2H])[2H])c(-c5c([2H])c([2H])c([2H])c([2H])c5[2H])cn4)ccc2)[c-][n+]3-c2c(C(C)(C)C)cc(C([2H])([2H])[2H])cc2C(C)(C)C)c([2H])c1[2H].[Pt]. The standard InChI is InChI=1S/C58H50N4O.Pt/c1-38-30-49(57(3,4)5)56(50(31-38)58(6,7)8)61-37-60(54-33-42(26-29-52(54)61)40-18-11-9-12-19-40)43-22-17-23-44(34-43)63-45-27-28-47-46-24-15-16-25-51(46)62(53(47)35-45)55-32-39(2)48(36-59-55)41-20-13-10-14-21-41;/h9-33,36H,1-8H3;/q-2;/i1D3,2D3,9D,10D,11D,12D,13D,14D,18D,19D,20D,21D;. The number of aryl methyl sites for hydroxylation is 2. The number of rotatable bonds is 7. The fourth-order valence-corrected chi connectivity index (χ4v) is 8.09. The van der Waals surface area contributed by atoms with Crippen molar-refractivity contribution < 1.29 is 52.3 Å². The van der Waals surface area contributed by atoms with Crippen LogP contribution in [0.15, 0.2) is 158 Å². The summed E-state index contributed by atoms with van der Waals surface area (Å²) < 4.78 is 148. The summed E-state index contributed by atoms with van der Waals surface area (Å²) in [4.78, 5) is 4.67. The normalized spacial score (nSPS) is 15.9. The van der Waals surface area contributed by atoms with Crippen LogP contribution >= 0.6 is 0 Å². The number of para-hydroxylation sites is 1. The Kier molecular flexibility index (Phi) is 7.13. The van der Waals surface area contributed by atoms with Crippen LogP contribution in [-0.4, -0.2) is 14.1 Å². The van der Waals surface area contributed by atoms with E-state index in [-0.39, 0.29) is 78.3 Å². The fraction of sp³-hybridized carbons (Fsp3) is 0.172. The van der Waals surface area contributed by atoms with E-state index in [4.69, 9.17) is 26.7 Å². The molecule has 64 heavy (non-hydrogen) atoms. The molecule has 320 valence electrons. The maximum atomic E-state index is 8.87. The van der Waals surface area contributed by atoms with Gasteiger partial charge in [-0.05, 0) is 87.2 Å². The molecular formula is C58H50N4OPt-2. The molecule has 0 atom stereocenters. The van der Waals surface area contributed by atoms with Gasteiger partial charge in [0.15, 0.2) is 0 Å². The number of pyridine rings is 1. The molecule has 10 aromatic rings. The smallest absolute Gasteiger partial charge is 0.268 e. The predicted octanol–water partition coefficient (Wildman–Crippen LogP) is 14.1. The second-order valence-corrected chi connectivity index (χ2v) is 17.4. The zero-order valence-electron chi connectivity index (χ0n) is 51.8. The zero-order chi connectivity index (χ0) is 57.3. The average Bonchev–Trinajstić information content (AvgIpc) is 3.93. The van der Waals surface area contributed by atoms with Gasteiger partial charge in [-0.25, -0.2) is 4.98 Å². The van der Waals surface area contributed by atoms with E-state index >= 15 is 0 Å². The topological polar surface area (TPSA) is 35.9 Å². The summed E-state index contributed by atoms with van der Waals surface area (Å²) in [6, 6.07) is 27.7. The minimum atomic E-state index is -2.81. The maximum Gasteiger partial charge on any atom is 0.268 e. The Bertz CT molecular complexity index is 4090. The molecule has 0 unspecified atom stereocenters. The molecule has 6 heteroatoms. The molecule has 3 heterocycles. The van der Waals surface area contributed by atoms with Gasteiger partial charge in [0.05, 0.1) is 30.4 Å². The number of imidazole rings is 1. The van der Waals surface area contributed by atoms with Crippen LogP contribution in [0.1, 0.15) is 85.7 Å². The number of ether oxygens (including phenoxy) is 1. The summed E-state index contributed by atoms with van der Waals surface area (Å²) in [5.74, 6) is 0.618. The van der Waals surface area contributed by atoms with E-state index in [0.717, 1.165) is 21.9 Å². The van der Waals surface area contributed by atoms with Crippen LogP contribution < -0.4 is 9.30 Å². The summed E-state index contributed by atoms with van der Waals surface area (Å²) in [5.41, 5.74) is 3.41. The largest absolute Gasteiger partial charge is 0.510 e. The number of nitrogens with zero attached hydrogens (tertiary/aromatic N) is 4. The van der Waals surface area contributed by atoms with Crippen LogP contribution in [0.2, 0.25) is 0 Å². The molecule has 0 amide bonds. The molecule has 3 aromatic heterocycles. The van der Waals surface area contributed by atoms with Gasteiger partial charge < -0.3 is 13.9 Å². The van der Waals surface area contributed by atoms with E-state index in [9.17, 15) is 0 Å². The van der Waals surface area contributed by atoms with Crippen molar-refractivity contribution in [2.45, 2.75) is 66.1 Å². The first kappa shape index (κ1) is 27.6. The molecule has 0 radical (unpaired) electrons. The predicted molar refractivity (Wildman–Crippen MR) is 258 cm³/mol. The van der Waals surface area contributed by atoms with E-state index in [1.54, 1.807) is 63.7 Å². The van der Waals surface area contributed by atoms with Crippen LogP contribution in [0.4, 0.5) is 0 Å². The van der Waals surface area contributed by atoms with Gasteiger partial charge in [0.1, 0.15) is 5.82 Å². The Labute approximate surface area is 413 Å². The molecule has 10 rings (SSSR count). The molecule has 0 aliphatic heterocycles. The van der Waals surface area contributed by atoms with E-state index < -0.39 is 72.9 Å². The second-order valence-electron chi connectivity index (χ2n) is 17.4. The first-order chi connectivity index (χ1) is 36.9. The number of fused-ring (bicyclic) bond motifs is 4. The summed E-state index contributed by atoms with van der Waals surface area (Å²) in [7, 11) is 0. The Morgan fingerprint density at radius 1 is 0.656 bits per heavy atom. The van der Waals surface area contributed by atoms with E-state index in [1.165, 1.54) is 12.3 Å². The molecule has 5 nitrogen and oxygen atoms in total. The molecule has 7 aromatic carbocycles. The van der Waals surface area contributed by atoms with E-state index in [2.05, 4.69) is 23.4 Å². The van der Waals surface area contributed by atoms with Gasteiger partial charge in [-0.3, -0.25) is 4.57 Å². The fourth-order valence-electron chi connectivity index (χ4n) is 8.09. The Balaban J connectivity index is 0.00000774. The average molecular weight is 1030 g/mol. The Hall–Kier alpha value is -6.55. The molecule has 0 saturated heterocycles. The zero-order valence-corrected chi connectivity index (χ0v) is 38.0. The molecule has 0 aliphatic rings. The van der Waals surface area contributed by atoms with Gasteiger partial charge in [-0.2, -0.15) is 18.2 Å².